The fraction of sp³-hybridized carbons (Fsp3) is 0.542. The predicted molar refractivity (Wildman–Crippen MR) is 105 cm³/mol. The zero-order chi connectivity index (χ0) is 18.0. The van der Waals surface area contributed by atoms with Crippen LogP contribution in [-0.4, -0.2) is 0 Å². The molecule has 1 aromatic carbocycles. The van der Waals surface area contributed by atoms with E-state index in [2.05, 4.69) is 76.6 Å². The molecule has 132 valence electrons. The second-order valence-electron chi connectivity index (χ2n) is 9.62. The minimum Gasteiger partial charge on any atom is -0.198 e. The lowest BCUT2D eigenvalue weighted by Gasteiger charge is -2.43. The van der Waals surface area contributed by atoms with Crippen LogP contribution in [-0.2, 0) is 17.9 Å². The lowest BCUT2D eigenvalue weighted by atomic mass is 9.60. The molecule has 0 radical (unpaired) electrons. The van der Waals surface area contributed by atoms with Gasteiger partial charge < -0.3 is 0 Å². The Labute approximate surface area is 153 Å². The molecule has 1 unspecified atom stereocenters. The van der Waals surface area contributed by atoms with Crippen molar-refractivity contribution < 1.29 is 4.57 Å². The molecule has 0 saturated heterocycles. The van der Waals surface area contributed by atoms with E-state index in [4.69, 9.17) is 0 Å². The van der Waals surface area contributed by atoms with E-state index >= 15 is 0 Å². The second-order valence-corrected chi connectivity index (χ2v) is 9.62. The summed E-state index contributed by atoms with van der Waals surface area (Å²) in [5.74, 6) is 0.767. The largest absolute Gasteiger partial charge is 0.213 e. The van der Waals surface area contributed by atoms with Crippen molar-refractivity contribution in [3.8, 4) is 11.3 Å². The van der Waals surface area contributed by atoms with Gasteiger partial charge in [-0.25, -0.2) is 0 Å². The van der Waals surface area contributed by atoms with Crippen LogP contribution in [0.1, 0.15) is 81.7 Å². The van der Waals surface area contributed by atoms with E-state index in [9.17, 15) is 0 Å². The maximum absolute atomic E-state index is 2.52. The number of hydrogen-bond donors (Lipinski definition) is 0. The van der Waals surface area contributed by atoms with E-state index in [1.807, 2.05) is 0 Å². The number of aromatic nitrogens is 1. The molecule has 25 heavy (non-hydrogen) atoms. The van der Waals surface area contributed by atoms with Gasteiger partial charge in [0.1, 0.15) is 7.05 Å². The molecule has 0 amide bonds. The van der Waals surface area contributed by atoms with Gasteiger partial charge in [-0.1, -0.05) is 32.0 Å². The summed E-state index contributed by atoms with van der Waals surface area (Å²) in [6.07, 6.45) is 5.32. The summed E-state index contributed by atoms with van der Waals surface area (Å²) >= 11 is 0. The van der Waals surface area contributed by atoms with Crippen molar-refractivity contribution in [1.82, 2.24) is 0 Å². The number of aryl methyl sites for hydroxylation is 1. The summed E-state index contributed by atoms with van der Waals surface area (Å²) < 4.78 is 2.52. The van der Waals surface area contributed by atoms with Crippen molar-refractivity contribution in [1.29, 1.82) is 0 Å². The first-order chi connectivity index (χ1) is 11.7. The van der Waals surface area contributed by atoms with Gasteiger partial charge in [0, 0.05) is 22.6 Å². The summed E-state index contributed by atoms with van der Waals surface area (Å²) in [6.45, 7) is 12.0. The molecule has 0 aliphatic heterocycles. The van der Waals surface area contributed by atoms with E-state index < -0.39 is 0 Å². The normalized spacial score (nSPS) is 23.2. The van der Waals surface area contributed by atoms with Crippen molar-refractivity contribution in [3.63, 3.8) is 0 Å². The average Bonchev–Trinajstić information content (AvgIpc) is 2.54. The van der Waals surface area contributed by atoms with Crippen LogP contribution in [0.5, 0.6) is 0 Å². The zero-order valence-corrected chi connectivity index (χ0v) is 16.7. The summed E-state index contributed by atoms with van der Waals surface area (Å²) in [7, 11) is 2.29. The first-order valence-electron chi connectivity index (χ1n) is 9.86. The number of rotatable bonds is 1. The van der Waals surface area contributed by atoms with Gasteiger partial charge in [-0.2, -0.15) is 4.57 Å². The molecule has 2 aliphatic rings. The van der Waals surface area contributed by atoms with Crippen molar-refractivity contribution >= 4 is 0 Å². The van der Waals surface area contributed by atoms with Crippen molar-refractivity contribution in [2.45, 2.75) is 77.0 Å². The van der Waals surface area contributed by atoms with E-state index in [0.717, 1.165) is 5.92 Å². The Morgan fingerprint density at radius 1 is 0.960 bits per heavy atom. The first-order valence-corrected chi connectivity index (χ1v) is 9.86. The third-order valence-electron chi connectivity index (χ3n) is 6.96. The van der Waals surface area contributed by atoms with E-state index in [1.165, 1.54) is 42.5 Å². The average molecular weight is 335 g/mol. The molecule has 0 saturated carbocycles. The molecule has 0 fully saturated rings. The Morgan fingerprint density at radius 3 is 2.28 bits per heavy atom. The maximum Gasteiger partial charge on any atom is 0.213 e. The molecule has 2 aromatic rings. The fourth-order valence-corrected chi connectivity index (χ4v) is 5.41. The van der Waals surface area contributed by atoms with Crippen LogP contribution in [0.2, 0.25) is 0 Å². The molecule has 1 aromatic heterocycles. The minimum absolute atomic E-state index is 0.251. The van der Waals surface area contributed by atoms with E-state index in [1.54, 1.807) is 16.8 Å². The maximum atomic E-state index is 2.52. The summed E-state index contributed by atoms with van der Waals surface area (Å²) in [6, 6.07) is 11.4. The van der Waals surface area contributed by atoms with Gasteiger partial charge >= 0.3 is 0 Å². The third-order valence-corrected chi connectivity index (χ3v) is 6.96. The van der Waals surface area contributed by atoms with Gasteiger partial charge in [0.15, 0.2) is 5.69 Å². The molecule has 0 spiro atoms. The molecule has 1 atom stereocenters. The highest BCUT2D eigenvalue weighted by Gasteiger charge is 2.46. The fourth-order valence-electron chi connectivity index (χ4n) is 5.41. The van der Waals surface area contributed by atoms with Crippen molar-refractivity contribution in [2.75, 3.05) is 0 Å². The van der Waals surface area contributed by atoms with Crippen LogP contribution in [0.25, 0.3) is 11.3 Å². The lowest BCUT2D eigenvalue weighted by molar-refractivity contribution is -0.673. The highest BCUT2D eigenvalue weighted by atomic mass is 15.0. The standard InChI is InChI=1S/C24H32N/c1-16-9-7-8-10-18(16)20-15-19-21-17(11-13-23(19,2)3)12-14-24(4,5)22(21)25(20)6/h7-10,15,17H,11-14H2,1-6H3/q+1. The Bertz CT molecular complexity index is 839. The smallest absolute Gasteiger partial charge is 0.198 e. The van der Waals surface area contributed by atoms with Crippen LogP contribution >= 0.6 is 0 Å². The quantitative estimate of drug-likeness (QED) is 0.588. The van der Waals surface area contributed by atoms with Gasteiger partial charge in [-0.05, 0) is 75.0 Å². The molecular weight excluding hydrogens is 302 g/mol. The number of benzene rings is 1. The summed E-state index contributed by atoms with van der Waals surface area (Å²) in [5.41, 5.74) is 9.55. The summed E-state index contributed by atoms with van der Waals surface area (Å²) in [5, 5.41) is 0. The van der Waals surface area contributed by atoms with Gasteiger partial charge in [-0.15, -0.1) is 0 Å². The molecule has 4 rings (SSSR count). The van der Waals surface area contributed by atoms with Crippen LogP contribution in [0.4, 0.5) is 0 Å². The van der Waals surface area contributed by atoms with Gasteiger partial charge in [-0.3, -0.25) is 0 Å². The molecule has 1 heterocycles. The van der Waals surface area contributed by atoms with Crippen LogP contribution in [0.3, 0.4) is 0 Å². The predicted octanol–water partition coefficient (Wildman–Crippen LogP) is 5.71. The lowest BCUT2D eigenvalue weighted by Crippen LogP contribution is -2.49. The molecule has 1 heteroatoms. The first kappa shape index (κ1) is 16.8. The zero-order valence-electron chi connectivity index (χ0n) is 16.7. The van der Waals surface area contributed by atoms with Gasteiger partial charge in [0.2, 0.25) is 5.69 Å². The van der Waals surface area contributed by atoms with Crippen molar-refractivity contribution in [2.24, 2.45) is 7.05 Å². The van der Waals surface area contributed by atoms with Crippen molar-refractivity contribution in [3.05, 3.63) is 52.7 Å². The molecule has 0 bridgehead atoms. The van der Waals surface area contributed by atoms with Gasteiger partial charge in [0.25, 0.3) is 0 Å². The topological polar surface area (TPSA) is 3.88 Å². The highest BCUT2D eigenvalue weighted by Crippen LogP contribution is 2.52. The minimum atomic E-state index is 0.251. The SMILES string of the molecule is Cc1ccccc1-c1cc2c3c([n+]1C)C(C)(C)CCC3CCC2(C)C. The van der Waals surface area contributed by atoms with Crippen LogP contribution < -0.4 is 4.57 Å². The van der Waals surface area contributed by atoms with Crippen LogP contribution in [0.15, 0.2) is 30.3 Å². The van der Waals surface area contributed by atoms with Gasteiger partial charge in [0.05, 0.1) is 0 Å². The molecular formula is C24H32N+. The highest BCUT2D eigenvalue weighted by molar-refractivity contribution is 5.63. The third kappa shape index (κ3) is 2.46. The van der Waals surface area contributed by atoms with Crippen LogP contribution in [0, 0.1) is 6.92 Å². The molecule has 1 nitrogen and oxygen atoms in total. The Kier molecular flexibility index (Phi) is 3.65. The number of nitrogens with zero attached hydrogens (tertiary/aromatic N) is 1. The Balaban J connectivity index is 2.09. The second kappa shape index (κ2) is 5.43. The Morgan fingerprint density at radius 2 is 1.60 bits per heavy atom. The van der Waals surface area contributed by atoms with E-state index in [-0.39, 0.29) is 10.8 Å². The number of hydrogen-bond acceptors (Lipinski definition) is 0. The monoisotopic (exact) mass is 334 g/mol. The summed E-state index contributed by atoms with van der Waals surface area (Å²) in [4.78, 5) is 0. The molecule has 2 aliphatic carbocycles. The molecule has 0 N–H and O–H groups in total. The van der Waals surface area contributed by atoms with E-state index in [0.29, 0.717) is 0 Å². The Hall–Kier alpha value is -1.63. The number of pyridine rings is 1.